The number of benzene rings is 4. The number of sulfonamides is 1. The first-order valence-corrected chi connectivity index (χ1v) is 16.7. The predicted molar refractivity (Wildman–Crippen MR) is 168 cm³/mol. The second kappa shape index (κ2) is 13.9. The quantitative estimate of drug-likeness (QED) is 0.157. The maximum atomic E-state index is 12.7. The molecule has 6 rings (SSSR count). The number of hydrogen-bond acceptors (Lipinski definition) is 8. The smallest absolute Gasteiger partial charge is 0.240 e. The molecule has 0 radical (unpaired) electrons. The maximum Gasteiger partial charge on any atom is 0.240 e. The summed E-state index contributed by atoms with van der Waals surface area (Å²) in [4.78, 5) is 4.45. The van der Waals surface area contributed by atoms with Crippen molar-refractivity contribution < 1.29 is 23.0 Å². The lowest BCUT2D eigenvalue weighted by Crippen LogP contribution is -2.31. The summed E-state index contributed by atoms with van der Waals surface area (Å²) >= 11 is 1.55. The van der Waals surface area contributed by atoms with Gasteiger partial charge in [0.05, 0.1) is 23.7 Å². The molecule has 1 aliphatic rings. The van der Waals surface area contributed by atoms with Crippen LogP contribution in [0.2, 0.25) is 0 Å². The second-order valence-electron chi connectivity index (χ2n) is 10.4. The van der Waals surface area contributed by atoms with Crippen molar-refractivity contribution in [1.29, 1.82) is 0 Å². The number of hydrogen-bond donors (Lipinski definition) is 3. The number of aliphatic hydroxyl groups is 1. The molecule has 0 unspecified atom stereocenters. The average Bonchev–Trinajstić information content (AvgIpc) is 3.61. The summed E-state index contributed by atoms with van der Waals surface area (Å²) in [6.45, 7) is 0.155. The van der Waals surface area contributed by atoms with Crippen molar-refractivity contribution in [2.75, 3.05) is 5.75 Å². The van der Waals surface area contributed by atoms with E-state index in [1.807, 2.05) is 66.7 Å². The van der Waals surface area contributed by atoms with Crippen LogP contribution in [0.5, 0.6) is 0 Å². The molecule has 1 fully saturated rings. The normalized spacial score (nSPS) is 18.7. The van der Waals surface area contributed by atoms with E-state index in [2.05, 4.69) is 26.0 Å². The van der Waals surface area contributed by atoms with E-state index in [1.165, 1.54) is 6.33 Å². The molecular formula is C33H32N4O5S2. The molecule has 226 valence electrons. The fourth-order valence-corrected chi connectivity index (χ4v) is 6.88. The first-order valence-electron chi connectivity index (χ1n) is 14.2. The molecular weight excluding hydrogens is 597 g/mol. The van der Waals surface area contributed by atoms with Crippen LogP contribution < -0.4 is 4.72 Å². The number of nitrogens with zero attached hydrogens (tertiary/aromatic N) is 2. The molecule has 0 amide bonds. The Labute approximate surface area is 260 Å². The van der Waals surface area contributed by atoms with Crippen molar-refractivity contribution in [3.8, 4) is 11.1 Å². The number of aliphatic hydroxyl groups excluding tert-OH is 1. The lowest BCUT2D eigenvalue weighted by atomic mass is 9.99. The SMILES string of the molecule is O=S(=O)(NCc1cccc(-c2cccc([C@@H]3O[C@H](CSc4ncn[nH]4)C[C@H](c4ccc(CO)cc4)O3)c2)c1)c1ccccc1. The topological polar surface area (TPSA) is 126 Å². The van der Waals surface area contributed by atoms with Crippen molar-refractivity contribution in [3.05, 3.63) is 132 Å². The first kappa shape index (κ1) is 30.2. The summed E-state index contributed by atoms with van der Waals surface area (Å²) in [5.41, 5.74) is 5.50. The Morgan fingerprint density at radius 3 is 2.39 bits per heavy atom. The summed E-state index contributed by atoms with van der Waals surface area (Å²) in [6.07, 6.45) is 1.23. The standard InChI is InChI=1S/C33H32N4O5S2/c38-20-23-12-14-25(15-13-23)31-18-29(21-43-33-34-22-35-37-33)41-32(42-31)28-9-5-8-27(17-28)26-7-4-6-24(16-26)19-36-44(39,40)30-10-2-1-3-11-30/h1-17,22,29,31-32,36,38H,18-21H2,(H,34,35,37)/t29-,31+,32+/m0/s1. The van der Waals surface area contributed by atoms with Crippen LogP contribution in [0.4, 0.5) is 0 Å². The second-order valence-corrected chi connectivity index (χ2v) is 13.2. The lowest BCUT2D eigenvalue weighted by molar-refractivity contribution is -0.245. The molecule has 0 aliphatic carbocycles. The Hall–Kier alpha value is -3.84. The van der Waals surface area contributed by atoms with Crippen molar-refractivity contribution in [2.45, 2.75) is 48.1 Å². The molecule has 1 aromatic heterocycles. The Balaban J connectivity index is 1.21. The maximum absolute atomic E-state index is 12.7. The minimum atomic E-state index is -3.62. The molecule has 5 aromatic rings. The van der Waals surface area contributed by atoms with E-state index in [1.54, 1.807) is 42.1 Å². The molecule has 3 atom stereocenters. The molecule has 0 bridgehead atoms. The molecule has 0 saturated carbocycles. The zero-order valence-electron chi connectivity index (χ0n) is 23.7. The highest BCUT2D eigenvalue weighted by atomic mass is 32.2. The summed E-state index contributed by atoms with van der Waals surface area (Å²) in [5, 5.41) is 17.0. The highest BCUT2D eigenvalue weighted by molar-refractivity contribution is 7.99. The zero-order chi connectivity index (χ0) is 30.4. The van der Waals surface area contributed by atoms with Crippen LogP contribution in [-0.4, -0.2) is 40.6 Å². The van der Waals surface area contributed by atoms with Gasteiger partial charge in [-0.1, -0.05) is 90.6 Å². The molecule has 9 nitrogen and oxygen atoms in total. The van der Waals surface area contributed by atoms with Crippen LogP contribution in [-0.2, 0) is 32.6 Å². The monoisotopic (exact) mass is 628 g/mol. The van der Waals surface area contributed by atoms with Gasteiger partial charge in [0, 0.05) is 24.3 Å². The molecule has 1 aliphatic heterocycles. The van der Waals surface area contributed by atoms with Crippen molar-refractivity contribution in [2.24, 2.45) is 0 Å². The average molecular weight is 629 g/mol. The Morgan fingerprint density at radius 1 is 0.864 bits per heavy atom. The fraction of sp³-hybridized carbons (Fsp3) is 0.212. The molecule has 44 heavy (non-hydrogen) atoms. The van der Waals surface area contributed by atoms with Gasteiger partial charge in [-0.05, 0) is 52.1 Å². The van der Waals surface area contributed by atoms with Gasteiger partial charge >= 0.3 is 0 Å². The van der Waals surface area contributed by atoms with E-state index in [-0.39, 0.29) is 30.3 Å². The van der Waals surface area contributed by atoms with E-state index in [9.17, 15) is 13.5 Å². The molecule has 4 aromatic carbocycles. The first-order chi connectivity index (χ1) is 21.5. The van der Waals surface area contributed by atoms with Gasteiger partial charge in [-0.15, -0.1) is 0 Å². The van der Waals surface area contributed by atoms with Crippen LogP contribution >= 0.6 is 11.8 Å². The molecule has 0 spiro atoms. The highest BCUT2D eigenvalue weighted by Crippen LogP contribution is 2.40. The van der Waals surface area contributed by atoms with Gasteiger partial charge in [-0.3, -0.25) is 5.10 Å². The minimum Gasteiger partial charge on any atom is -0.392 e. The van der Waals surface area contributed by atoms with Crippen LogP contribution in [0.3, 0.4) is 0 Å². The van der Waals surface area contributed by atoms with Gasteiger partial charge < -0.3 is 14.6 Å². The Bertz CT molecular complexity index is 1770. The number of H-pyrrole nitrogens is 1. The van der Waals surface area contributed by atoms with Gasteiger partial charge in [0.2, 0.25) is 10.0 Å². The molecule has 2 heterocycles. The molecule has 11 heteroatoms. The Kier molecular flexibility index (Phi) is 9.51. The summed E-state index contributed by atoms with van der Waals surface area (Å²) in [5.74, 6) is 0.668. The minimum absolute atomic E-state index is 0.0130. The van der Waals surface area contributed by atoms with Crippen LogP contribution in [0.1, 0.15) is 41.1 Å². The fourth-order valence-electron chi connectivity index (χ4n) is 5.05. The van der Waals surface area contributed by atoms with Gasteiger partial charge in [0.15, 0.2) is 11.4 Å². The number of aromatic nitrogens is 3. The summed E-state index contributed by atoms with van der Waals surface area (Å²) in [6, 6.07) is 32.0. The molecule has 3 N–H and O–H groups in total. The van der Waals surface area contributed by atoms with Gasteiger partial charge in [-0.2, -0.15) is 5.10 Å². The lowest BCUT2D eigenvalue weighted by Gasteiger charge is -2.36. The summed E-state index contributed by atoms with van der Waals surface area (Å²) in [7, 11) is -3.62. The van der Waals surface area contributed by atoms with E-state index < -0.39 is 16.3 Å². The van der Waals surface area contributed by atoms with Gasteiger partial charge in [-0.25, -0.2) is 18.1 Å². The van der Waals surface area contributed by atoms with Crippen molar-refractivity contribution in [3.63, 3.8) is 0 Å². The number of aromatic amines is 1. The highest BCUT2D eigenvalue weighted by Gasteiger charge is 2.32. The molecule has 1 saturated heterocycles. The van der Waals surface area contributed by atoms with Crippen molar-refractivity contribution in [1.82, 2.24) is 19.9 Å². The number of rotatable bonds is 11. The number of ether oxygens (including phenoxy) is 2. The Morgan fingerprint density at radius 2 is 1.64 bits per heavy atom. The van der Waals surface area contributed by atoms with Crippen LogP contribution in [0.15, 0.2) is 120 Å². The van der Waals surface area contributed by atoms with E-state index in [0.717, 1.165) is 38.5 Å². The van der Waals surface area contributed by atoms with Crippen LogP contribution in [0, 0.1) is 0 Å². The summed E-state index contributed by atoms with van der Waals surface area (Å²) < 4.78 is 41.1. The zero-order valence-corrected chi connectivity index (χ0v) is 25.4. The predicted octanol–water partition coefficient (Wildman–Crippen LogP) is 5.78. The third kappa shape index (κ3) is 7.44. The van der Waals surface area contributed by atoms with E-state index in [0.29, 0.717) is 12.2 Å². The number of thioether (sulfide) groups is 1. The van der Waals surface area contributed by atoms with Crippen molar-refractivity contribution >= 4 is 21.8 Å². The van der Waals surface area contributed by atoms with Crippen LogP contribution in [0.25, 0.3) is 11.1 Å². The van der Waals surface area contributed by atoms with Gasteiger partial charge in [0.25, 0.3) is 0 Å². The van der Waals surface area contributed by atoms with E-state index >= 15 is 0 Å². The number of nitrogens with one attached hydrogen (secondary N) is 2. The largest absolute Gasteiger partial charge is 0.392 e. The van der Waals surface area contributed by atoms with E-state index in [4.69, 9.17) is 9.47 Å². The van der Waals surface area contributed by atoms with Gasteiger partial charge in [0.1, 0.15) is 6.33 Å². The third-order valence-corrected chi connectivity index (χ3v) is 9.78. The third-order valence-electron chi connectivity index (χ3n) is 7.35.